The van der Waals surface area contributed by atoms with Gasteiger partial charge in [-0.15, -0.1) is 0 Å². The van der Waals surface area contributed by atoms with Crippen LogP contribution in [0.5, 0.6) is 0 Å². The summed E-state index contributed by atoms with van der Waals surface area (Å²) in [5.41, 5.74) is 1.35. The third-order valence-electron chi connectivity index (χ3n) is 2.26. The second kappa shape index (κ2) is 4.45. The molecule has 0 bridgehead atoms. The molecule has 0 radical (unpaired) electrons. The first-order valence-corrected chi connectivity index (χ1v) is 5.13. The Morgan fingerprint density at radius 3 is 2.54 bits per heavy atom. The fourth-order valence-corrected chi connectivity index (χ4v) is 1.40. The highest BCUT2D eigenvalue weighted by molar-refractivity contribution is 5.05. The van der Waals surface area contributed by atoms with E-state index in [2.05, 4.69) is 43.5 Å². The Kier molecular flexibility index (Phi) is 3.52. The van der Waals surface area contributed by atoms with Crippen LogP contribution in [0.4, 0.5) is 0 Å². The highest BCUT2D eigenvalue weighted by Gasteiger charge is 2.06. The van der Waals surface area contributed by atoms with Crippen molar-refractivity contribution in [1.82, 2.24) is 9.78 Å². The van der Waals surface area contributed by atoms with Gasteiger partial charge < -0.3 is 0 Å². The lowest BCUT2D eigenvalue weighted by atomic mass is 10.1. The highest BCUT2D eigenvalue weighted by atomic mass is 15.3. The minimum atomic E-state index is 0.578. The zero-order valence-corrected chi connectivity index (χ0v) is 9.12. The van der Waals surface area contributed by atoms with Crippen LogP contribution in [0.15, 0.2) is 12.3 Å². The van der Waals surface area contributed by atoms with E-state index in [4.69, 9.17) is 0 Å². The number of aromatic nitrogens is 2. The first-order chi connectivity index (χ1) is 6.11. The molecule has 0 spiro atoms. The van der Waals surface area contributed by atoms with Crippen molar-refractivity contribution >= 4 is 0 Å². The van der Waals surface area contributed by atoms with Crippen LogP contribution in [0.25, 0.3) is 0 Å². The largest absolute Gasteiger partial charge is 0.269 e. The van der Waals surface area contributed by atoms with Crippen molar-refractivity contribution in [2.45, 2.75) is 46.6 Å². The Labute approximate surface area is 81.0 Å². The van der Waals surface area contributed by atoms with Gasteiger partial charge in [0.2, 0.25) is 0 Å². The van der Waals surface area contributed by atoms with Gasteiger partial charge in [0.15, 0.2) is 0 Å². The molecule has 0 fully saturated rings. The smallest absolute Gasteiger partial charge is 0.0492 e. The summed E-state index contributed by atoms with van der Waals surface area (Å²) in [4.78, 5) is 0. The minimum absolute atomic E-state index is 0.578. The summed E-state index contributed by atoms with van der Waals surface area (Å²) >= 11 is 0. The molecule has 0 atom stereocenters. The summed E-state index contributed by atoms with van der Waals surface area (Å²) < 4.78 is 2.13. The first-order valence-electron chi connectivity index (χ1n) is 5.13. The lowest BCUT2D eigenvalue weighted by Gasteiger charge is -2.11. The fraction of sp³-hybridized carbons (Fsp3) is 0.727. The molecule has 0 N–H and O–H groups in total. The van der Waals surface area contributed by atoms with Crippen LogP contribution < -0.4 is 0 Å². The van der Waals surface area contributed by atoms with Crippen LogP contribution in [0.1, 0.15) is 45.7 Å². The number of hydrogen-bond donors (Lipinski definition) is 0. The summed E-state index contributed by atoms with van der Waals surface area (Å²) in [6.07, 6.45) is 3.11. The molecule has 13 heavy (non-hydrogen) atoms. The number of hydrogen-bond acceptors (Lipinski definition) is 1. The van der Waals surface area contributed by atoms with Gasteiger partial charge in [-0.25, -0.2) is 0 Å². The van der Waals surface area contributed by atoms with Crippen LogP contribution in [-0.2, 0) is 6.54 Å². The quantitative estimate of drug-likeness (QED) is 0.696. The maximum atomic E-state index is 4.33. The molecule has 1 aromatic rings. The Morgan fingerprint density at radius 1 is 1.31 bits per heavy atom. The molecule has 0 amide bonds. The molecule has 0 aliphatic rings. The third kappa shape index (κ3) is 2.87. The molecule has 2 heteroatoms. The van der Waals surface area contributed by atoms with Crippen molar-refractivity contribution in [2.75, 3.05) is 0 Å². The zero-order valence-electron chi connectivity index (χ0n) is 9.12. The molecule has 0 saturated carbocycles. The van der Waals surface area contributed by atoms with E-state index in [9.17, 15) is 0 Å². The van der Waals surface area contributed by atoms with Crippen molar-refractivity contribution < 1.29 is 0 Å². The Hall–Kier alpha value is -0.790. The lowest BCUT2D eigenvalue weighted by Crippen LogP contribution is -2.08. The van der Waals surface area contributed by atoms with E-state index in [0.29, 0.717) is 5.92 Å². The first kappa shape index (κ1) is 10.3. The maximum Gasteiger partial charge on any atom is 0.0492 e. The van der Waals surface area contributed by atoms with Gasteiger partial charge in [-0.1, -0.05) is 27.7 Å². The van der Waals surface area contributed by atoms with Gasteiger partial charge in [-0.05, 0) is 24.3 Å². The van der Waals surface area contributed by atoms with Crippen molar-refractivity contribution in [3.05, 3.63) is 18.0 Å². The molecule has 0 aromatic carbocycles. The van der Waals surface area contributed by atoms with E-state index in [0.717, 1.165) is 12.5 Å². The van der Waals surface area contributed by atoms with Crippen LogP contribution in [0.3, 0.4) is 0 Å². The molecule has 1 aromatic heterocycles. The molecule has 2 nitrogen and oxygen atoms in total. The molecule has 1 rings (SSSR count). The second-order valence-electron chi connectivity index (χ2n) is 4.32. The lowest BCUT2D eigenvalue weighted by molar-refractivity contribution is 0.469. The molecule has 0 aliphatic carbocycles. The maximum absolute atomic E-state index is 4.33. The van der Waals surface area contributed by atoms with Gasteiger partial charge >= 0.3 is 0 Å². The van der Waals surface area contributed by atoms with Crippen LogP contribution in [0.2, 0.25) is 0 Å². The summed E-state index contributed by atoms with van der Waals surface area (Å²) in [5.74, 6) is 1.33. The molecule has 0 aliphatic heterocycles. The van der Waals surface area contributed by atoms with Gasteiger partial charge in [-0.3, -0.25) is 4.68 Å². The van der Waals surface area contributed by atoms with Crippen molar-refractivity contribution in [3.63, 3.8) is 0 Å². The Balaban J connectivity index is 2.60. The van der Waals surface area contributed by atoms with Crippen molar-refractivity contribution in [1.29, 1.82) is 0 Å². The second-order valence-corrected chi connectivity index (χ2v) is 4.32. The topological polar surface area (TPSA) is 17.8 Å². The van der Waals surface area contributed by atoms with Gasteiger partial charge in [-0.2, -0.15) is 5.10 Å². The Bertz CT molecular complexity index is 248. The van der Waals surface area contributed by atoms with E-state index in [1.807, 2.05) is 6.20 Å². The van der Waals surface area contributed by atoms with E-state index < -0.39 is 0 Å². The number of aryl methyl sites for hydroxylation is 1. The Morgan fingerprint density at radius 2 is 2.00 bits per heavy atom. The minimum Gasteiger partial charge on any atom is -0.269 e. The summed E-state index contributed by atoms with van der Waals surface area (Å²) in [6, 6.07) is 2.12. The summed E-state index contributed by atoms with van der Waals surface area (Å²) in [5, 5.41) is 4.33. The predicted octanol–water partition coefficient (Wildman–Crippen LogP) is 3.05. The number of nitrogens with zero attached hydrogens (tertiary/aromatic N) is 2. The zero-order chi connectivity index (χ0) is 9.84. The van der Waals surface area contributed by atoms with Crippen LogP contribution in [0, 0.1) is 5.92 Å². The third-order valence-corrected chi connectivity index (χ3v) is 2.26. The molecule has 1 heterocycles. The van der Waals surface area contributed by atoms with E-state index in [-0.39, 0.29) is 0 Å². The van der Waals surface area contributed by atoms with E-state index in [1.165, 1.54) is 12.1 Å². The van der Waals surface area contributed by atoms with Gasteiger partial charge in [0.05, 0.1) is 0 Å². The molecule has 0 saturated heterocycles. The van der Waals surface area contributed by atoms with Crippen molar-refractivity contribution in [2.24, 2.45) is 5.92 Å². The predicted molar refractivity (Wildman–Crippen MR) is 55.8 cm³/mol. The average Bonchev–Trinajstić information content (AvgIpc) is 2.47. The standard InChI is InChI=1S/C11H20N2/c1-9(2)6-8-13-11(10(3)4)5-7-12-13/h5,7,9-10H,6,8H2,1-4H3. The van der Waals surface area contributed by atoms with Gasteiger partial charge in [0, 0.05) is 18.4 Å². The van der Waals surface area contributed by atoms with E-state index in [1.54, 1.807) is 0 Å². The molecular formula is C11H20N2. The van der Waals surface area contributed by atoms with Crippen molar-refractivity contribution in [3.8, 4) is 0 Å². The van der Waals surface area contributed by atoms with Gasteiger partial charge in [0.25, 0.3) is 0 Å². The normalized spacial score (nSPS) is 11.5. The summed E-state index contributed by atoms with van der Waals surface area (Å²) in [6.45, 7) is 9.97. The average molecular weight is 180 g/mol. The van der Waals surface area contributed by atoms with E-state index >= 15 is 0 Å². The van der Waals surface area contributed by atoms with Gasteiger partial charge in [0.1, 0.15) is 0 Å². The monoisotopic (exact) mass is 180 g/mol. The molecule has 0 unspecified atom stereocenters. The highest BCUT2D eigenvalue weighted by Crippen LogP contribution is 2.14. The molecule has 74 valence electrons. The molecular weight excluding hydrogens is 160 g/mol. The van der Waals surface area contributed by atoms with Crippen LogP contribution in [-0.4, -0.2) is 9.78 Å². The number of rotatable bonds is 4. The fourth-order valence-electron chi connectivity index (χ4n) is 1.40. The summed E-state index contributed by atoms with van der Waals surface area (Å²) in [7, 11) is 0. The SMILES string of the molecule is CC(C)CCn1nccc1C(C)C. The van der Waals surface area contributed by atoms with Crippen LogP contribution >= 0.6 is 0 Å².